The second kappa shape index (κ2) is 7.19. The van der Waals surface area contributed by atoms with Gasteiger partial charge in [-0.25, -0.2) is 0 Å². The van der Waals surface area contributed by atoms with Gasteiger partial charge in [0, 0.05) is 17.5 Å². The minimum absolute atomic E-state index is 0.00996. The van der Waals surface area contributed by atoms with Crippen molar-refractivity contribution in [2.24, 2.45) is 5.92 Å². The molecular formula is C22H25N3O3. The van der Waals surface area contributed by atoms with E-state index >= 15 is 0 Å². The van der Waals surface area contributed by atoms with Crippen molar-refractivity contribution in [3.8, 4) is 11.6 Å². The third-order valence-electron chi connectivity index (χ3n) is 5.38. The van der Waals surface area contributed by atoms with Gasteiger partial charge in [-0.1, -0.05) is 17.3 Å². The molecule has 1 aromatic carbocycles. The molecule has 1 aliphatic rings. The standard InChI is InChI=1S/C22H25N3O3/c1-13-11-19(15(3)25(13)20-12-14(2)28-24-20)22(26)23-21(16-5-6-16)17-7-9-18(27-4)10-8-17/h7-12,16,21H,5-6H2,1-4H3,(H,23,26). The lowest BCUT2D eigenvalue weighted by Gasteiger charge is -2.19. The van der Waals surface area contributed by atoms with Crippen LogP contribution in [0.1, 0.15) is 52.0 Å². The number of hydrogen-bond donors (Lipinski definition) is 1. The summed E-state index contributed by atoms with van der Waals surface area (Å²) in [4.78, 5) is 13.1. The van der Waals surface area contributed by atoms with Crippen LogP contribution in [0.25, 0.3) is 5.82 Å². The van der Waals surface area contributed by atoms with Gasteiger partial charge in [-0.15, -0.1) is 0 Å². The van der Waals surface area contributed by atoms with Crippen molar-refractivity contribution < 1.29 is 14.1 Å². The van der Waals surface area contributed by atoms with Gasteiger partial charge in [0.2, 0.25) is 0 Å². The maximum Gasteiger partial charge on any atom is 0.253 e. The van der Waals surface area contributed by atoms with Crippen LogP contribution in [0.15, 0.2) is 40.9 Å². The number of carbonyl (C=O) groups excluding carboxylic acids is 1. The van der Waals surface area contributed by atoms with E-state index in [4.69, 9.17) is 9.26 Å². The number of amides is 1. The van der Waals surface area contributed by atoms with Crippen molar-refractivity contribution in [2.75, 3.05) is 7.11 Å². The predicted molar refractivity (Wildman–Crippen MR) is 106 cm³/mol. The molecule has 1 amide bonds. The first kappa shape index (κ1) is 18.3. The van der Waals surface area contributed by atoms with Crippen LogP contribution < -0.4 is 10.1 Å². The number of benzene rings is 1. The van der Waals surface area contributed by atoms with Crippen LogP contribution in [0.4, 0.5) is 0 Å². The van der Waals surface area contributed by atoms with Crippen molar-refractivity contribution in [3.05, 3.63) is 64.7 Å². The highest BCUT2D eigenvalue weighted by Crippen LogP contribution is 2.41. The molecule has 1 unspecified atom stereocenters. The molecule has 0 radical (unpaired) electrons. The van der Waals surface area contributed by atoms with Gasteiger partial charge < -0.3 is 14.6 Å². The Morgan fingerprint density at radius 3 is 2.50 bits per heavy atom. The minimum atomic E-state index is -0.0627. The van der Waals surface area contributed by atoms with E-state index in [1.807, 2.05) is 61.7 Å². The Kier molecular flexibility index (Phi) is 4.71. The third-order valence-corrected chi connectivity index (χ3v) is 5.38. The fraction of sp³-hybridized carbons (Fsp3) is 0.364. The van der Waals surface area contributed by atoms with Gasteiger partial charge in [-0.2, -0.15) is 0 Å². The molecule has 0 bridgehead atoms. The number of carbonyl (C=O) groups is 1. The quantitative estimate of drug-likeness (QED) is 0.694. The zero-order chi connectivity index (χ0) is 19.8. The lowest BCUT2D eigenvalue weighted by molar-refractivity contribution is 0.0931. The number of hydrogen-bond acceptors (Lipinski definition) is 4. The highest BCUT2D eigenvalue weighted by molar-refractivity contribution is 5.96. The molecule has 1 N–H and O–H groups in total. The summed E-state index contributed by atoms with van der Waals surface area (Å²) in [5.74, 6) is 2.67. The Morgan fingerprint density at radius 1 is 1.21 bits per heavy atom. The Labute approximate surface area is 164 Å². The van der Waals surface area contributed by atoms with Crippen LogP contribution in [-0.2, 0) is 0 Å². The normalized spacial score (nSPS) is 14.7. The van der Waals surface area contributed by atoms with E-state index in [0.717, 1.165) is 41.3 Å². The lowest BCUT2D eigenvalue weighted by atomic mass is 10.0. The van der Waals surface area contributed by atoms with Crippen molar-refractivity contribution >= 4 is 5.91 Å². The van der Waals surface area contributed by atoms with E-state index in [0.29, 0.717) is 17.3 Å². The van der Waals surface area contributed by atoms with Gasteiger partial charge >= 0.3 is 0 Å². The molecule has 1 fully saturated rings. The third kappa shape index (κ3) is 3.42. The van der Waals surface area contributed by atoms with Gasteiger partial charge in [0.1, 0.15) is 11.5 Å². The van der Waals surface area contributed by atoms with E-state index in [-0.39, 0.29) is 11.9 Å². The van der Waals surface area contributed by atoms with Crippen LogP contribution in [0.3, 0.4) is 0 Å². The first-order chi connectivity index (χ1) is 13.5. The fourth-order valence-electron chi connectivity index (χ4n) is 3.74. The lowest BCUT2D eigenvalue weighted by Crippen LogP contribution is -2.30. The topological polar surface area (TPSA) is 69.3 Å². The fourth-order valence-corrected chi connectivity index (χ4v) is 3.74. The summed E-state index contributed by atoms with van der Waals surface area (Å²) >= 11 is 0. The molecule has 1 aliphatic carbocycles. The summed E-state index contributed by atoms with van der Waals surface area (Å²) in [6, 6.07) is 11.7. The number of rotatable bonds is 6. The largest absolute Gasteiger partial charge is 0.497 e. The average molecular weight is 379 g/mol. The molecule has 0 aliphatic heterocycles. The summed E-state index contributed by atoms with van der Waals surface area (Å²) in [5.41, 5.74) is 3.57. The Balaban J connectivity index is 1.60. The van der Waals surface area contributed by atoms with E-state index in [2.05, 4.69) is 10.5 Å². The van der Waals surface area contributed by atoms with E-state index < -0.39 is 0 Å². The van der Waals surface area contributed by atoms with Crippen LogP contribution in [0.2, 0.25) is 0 Å². The van der Waals surface area contributed by atoms with Crippen LogP contribution in [0.5, 0.6) is 5.75 Å². The van der Waals surface area contributed by atoms with Crippen molar-refractivity contribution in [3.63, 3.8) is 0 Å². The number of nitrogens with one attached hydrogen (secondary N) is 1. The smallest absolute Gasteiger partial charge is 0.253 e. The summed E-state index contributed by atoms with van der Waals surface area (Å²) < 4.78 is 12.4. The maximum absolute atomic E-state index is 13.1. The Hall–Kier alpha value is -3.02. The Bertz CT molecular complexity index is 997. The van der Waals surface area contributed by atoms with Gasteiger partial charge in [-0.3, -0.25) is 9.36 Å². The highest BCUT2D eigenvalue weighted by Gasteiger charge is 2.34. The minimum Gasteiger partial charge on any atom is -0.497 e. The van der Waals surface area contributed by atoms with Crippen molar-refractivity contribution in [2.45, 2.75) is 39.7 Å². The first-order valence-corrected chi connectivity index (χ1v) is 9.55. The molecule has 4 rings (SSSR count). The molecular weight excluding hydrogens is 354 g/mol. The second-order valence-corrected chi connectivity index (χ2v) is 7.48. The highest BCUT2D eigenvalue weighted by atomic mass is 16.5. The van der Waals surface area contributed by atoms with Crippen LogP contribution in [-0.4, -0.2) is 22.7 Å². The molecule has 146 valence electrons. The zero-order valence-corrected chi connectivity index (χ0v) is 16.7. The first-order valence-electron chi connectivity index (χ1n) is 9.55. The number of ether oxygens (including phenoxy) is 1. The van der Waals surface area contributed by atoms with Crippen LogP contribution >= 0.6 is 0 Å². The summed E-state index contributed by atoms with van der Waals surface area (Å²) in [6.45, 7) is 5.76. The summed E-state index contributed by atoms with van der Waals surface area (Å²) in [5, 5.41) is 7.34. The van der Waals surface area contributed by atoms with Gasteiger partial charge in [-0.05, 0) is 63.3 Å². The molecule has 2 heterocycles. The average Bonchev–Trinajstić information content (AvgIpc) is 3.38. The molecule has 6 nitrogen and oxygen atoms in total. The molecule has 1 saturated carbocycles. The molecule has 2 aromatic heterocycles. The van der Waals surface area contributed by atoms with Gasteiger partial charge in [0.25, 0.3) is 5.91 Å². The van der Waals surface area contributed by atoms with E-state index in [9.17, 15) is 4.79 Å². The molecule has 28 heavy (non-hydrogen) atoms. The van der Waals surface area contributed by atoms with E-state index in [1.165, 1.54) is 0 Å². The monoisotopic (exact) mass is 379 g/mol. The molecule has 1 atom stereocenters. The second-order valence-electron chi connectivity index (χ2n) is 7.48. The maximum atomic E-state index is 13.1. The number of nitrogens with zero attached hydrogens (tertiary/aromatic N) is 2. The molecule has 6 heteroatoms. The van der Waals surface area contributed by atoms with Gasteiger partial charge in [0.05, 0.1) is 18.7 Å². The summed E-state index contributed by atoms with van der Waals surface area (Å²) in [7, 11) is 1.65. The number of aryl methyl sites for hydroxylation is 2. The predicted octanol–water partition coefficient (Wildman–Crippen LogP) is 4.28. The summed E-state index contributed by atoms with van der Waals surface area (Å²) in [6.07, 6.45) is 2.27. The van der Waals surface area contributed by atoms with Crippen molar-refractivity contribution in [1.29, 1.82) is 0 Å². The number of aromatic nitrogens is 2. The SMILES string of the molecule is COc1ccc(C(NC(=O)c2cc(C)n(-c3cc(C)on3)c2C)C2CC2)cc1. The zero-order valence-electron chi connectivity index (χ0n) is 16.7. The van der Waals surface area contributed by atoms with Gasteiger partial charge in [0.15, 0.2) is 5.82 Å². The van der Waals surface area contributed by atoms with E-state index in [1.54, 1.807) is 7.11 Å². The van der Waals surface area contributed by atoms with Crippen LogP contribution in [0, 0.1) is 26.7 Å². The molecule has 0 spiro atoms. The molecule has 0 saturated heterocycles. The Morgan fingerprint density at radius 2 is 1.93 bits per heavy atom. The number of methoxy groups -OCH3 is 1. The molecule has 3 aromatic rings. The van der Waals surface area contributed by atoms with Crippen molar-refractivity contribution in [1.82, 2.24) is 15.0 Å².